The Morgan fingerprint density at radius 2 is 1.84 bits per heavy atom. The van der Waals surface area contributed by atoms with Crippen LogP contribution in [0.1, 0.15) is 12.8 Å². The van der Waals surface area contributed by atoms with E-state index in [1.165, 1.54) is 5.69 Å². The molecule has 186 valence electrons. The molecule has 37 heavy (non-hydrogen) atoms. The van der Waals surface area contributed by atoms with Crippen LogP contribution in [-0.2, 0) is 4.79 Å². The van der Waals surface area contributed by atoms with Crippen LogP contribution in [0.5, 0.6) is 0 Å². The highest BCUT2D eigenvalue weighted by molar-refractivity contribution is 5.99. The Bertz CT molecular complexity index is 1630. The fourth-order valence-electron chi connectivity index (χ4n) is 4.99. The van der Waals surface area contributed by atoms with E-state index >= 15 is 0 Å². The topological polar surface area (TPSA) is 119 Å². The van der Waals surface area contributed by atoms with E-state index < -0.39 is 0 Å². The van der Waals surface area contributed by atoms with Gasteiger partial charge in [0.25, 0.3) is 0 Å². The van der Waals surface area contributed by atoms with E-state index in [0.29, 0.717) is 11.3 Å². The van der Waals surface area contributed by atoms with Gasteiger partial charge >= 0.3 is 0 Å². The molecule has 3 N–H and O–H groups in total. The predicted octanol–water partition coefficient (Wildman–Crippen LogP) is 3.66. The van der Waals surface area contributed by atoms with Crippen molar-refractivity contribution in [2.75, 3.05) is 43.4 Å². The summed E-state index contributed by atoms with van der Waals surface area (Å²) < 4.78 is 0. The lowest BCUT2D eigenvalue weighted by molar-refractivity contribution is -0.117. The van der Waals surface area contributed by atoms with E-state index in [0.717, 1.165) is 78.0 Å². The van der Waals surface area contributed by atoms with E-state index in [1.807, 2.05) is 12.3 Å². The molecule has 10 nitrogen and oxygen atoms in total. The maximum absolute atomic E-state index is 12.2. The van der Waals surface area contributed by atoms with Crippen molar-refractivity contribution >= 4 is 39.3 Å². The Labute approximate surface area is 213 Å². The number of nitrogens with one attached hydrogen (secondary N) is 3. The van der Waals surface area contributed by atoms with Crippen LogP contribution in [0.3, 0.4) is 0 Å². The summed E-state index contributed by atoms with van der Waals surface area (Å²) in [6.07, 6.45) is 9.03. The first kappa shape index (κ1) is 21.9. The van der Waals surface area contributed by atoms with E-state index in [9.17, 15) is 4.79 Å². The Hall–Kier alpha value is -4.31. The molecule has 1 aliphatic carbocycles. The van der Waals surface area contributed by atoms with Crippen molar-refractivity contribution in [1.82, 2.24) is 35.0 Å². The molecule has 0 aromatic carbocycles. The number of rotatable bonds is 5. The van der Waals surface area contributed by atoms with Gasteiger partial charge in [-0.05, 0) is 44.2 Å². The van der Waals surface area contributed by atoms with Gasteiger partial charge in [-0.3, -0.25) is 14.9 Å². The molecule has 1 amide bonds. The lowest BCUT2D eigenvalue weighted by atomic mass is 10.1. The Morgan fingerprint density at radius 3 is 2.68 bits per heavy atom. The molecule has 6 heterocycles. The van der Waals surface area contributed by atoms with Crippen molar-refractivity contribution in [3.05, 3.63) is 49.1 Å². The molecule has 5 aromatic rings. The molecule has 0 radical (unpaired) electrons. The minimum atomic E-state index is 0.0630. The lowest BCUT2D eigenvalue weighted by Gasteiger charge is -2.34. The van der Waals surface area contributed by atoms with Gasteiger partial charge in [0.15, 0.2) is 5.65 Å². The molecule has 5 aromatic heterocycles. The molecular formula is C27H27N9O. The third-order valence-corrected chi connectivity index (χ3v) is 7.32. The fourth-order valence-corrected chi connectivity index (χ4v) is 4.99. The highest BCUT2D eigenvalue weighted by Gasteiger charge is 2.29. The zero-order chi connectivity index (χ0) is 24.9. The van der Waals surface area contributed by atoms with Crippen LogP contribution in [0.25, 0.3) is 44.6 Å². The summed E-state index contributed by atoms with van der Waals surface area (Å²) in [6, 6.07) is 8.24. The standard InChI is InChI=1S/C27H27N9O/c1-35-6-8-36(9-7-35)23-4-5-29-25-20(23)12-22(32-25)24-21-11-18(14-30-26(21)34-33-24)17-10-19(15-28-13-17)31-27(37)16-2-3-16/h4-5,10-16H,2-3,6-9H2,1H3,(H,29,32)(H,31,37)(H,30,33,34). The number of hydrogen-bond donors (Lipinski definition) is 3. The maximum Gasteiger partial charge on any atom is 0.227 e. The molecule has 0 spiro atoms. The second-order valence-electron chi connectivity index (χ2n) is 9.99. The van der Waals surface area contributed by atoms with Gasteiger partial charge in [0.2, 0.25) is 5.91 Å². The van der Waals surface area contributed by atoms with E-state index in [2.05, 4.69) is 70.5 Å². The zero-order valence-electron chi connectivity index (χ0n) is 20.5. The largest absolute Gasteiger partial charge is 0.368 e. The van der Waals surface area contributed by atoms with Crippen molar-refractivity contribution < 1.29 is 4.79 Å². The molecule has 2 fully saturated rings. The van der Waals surface area contributed by atoms with Crippen molar-refractivity contribution in [2.24, 2.45) is 5.92 Å². The number of carbonyl (C=O) groups is 1. The van der Waals surface area contributed by atoms with Crippen LogP contribution in [-0.4, -0.2) is 74.2 Å². The average Bonchev–Trinajstić information content (AvgIpc) is 3.55. The number of anilines is 2. The molecule has 0 bridgehead atoms. The summed E-state index contributed by atoms with van der Waals surface area (Å²) in [5.41, 5.74) is 6.92. The smallest absolute Gasteiger partial charge is 0.227 e. The molecule has 1 saturated heterocycles. The molecule has 7 rings (SSSR count). The van der Waals surface area contributed by atoms with Crippen molar-refractivity contribution in [3.63, 3.8) is 0 Å². The van der Waals surface area contributed by atoms with Gasteiger partial charge in [-0.15, -0.1) is 0 Å². The normalized spacial score (nSPS) is 16.5. The van der Waals surface area contributed by atoms with Gasteiger partial charge in [0.1, 0.15) is 5.65 Å². The average molecular weight is 494 g/mol. The van der Waals surface area contributed by atoms with Gasteiger partial charge in [-0.2, -0.15) is 5.10 Å². The second kappa shape index (κ2) is 8.67. The SMILES string of the molecule is CN1CCN(c2ccnc3[nH]c(-c4[nH]nc5ncc(-c6cncc(NC(=O)C7CC7)c6)cc45)cc23)CC1. The first-order valence-corrected chi connectivity index (χ1v) is 12.6. The van der Waals surface area contributed by atoms with Crippen LogP contribution in [0.2, 0.25) is 0 Å². The molecule has 1 aliphatic heterocycles. The maximum atomic E-state index is 12.2. The molecule has 2 aliphatic rings. The summed E-state index contributed by atoms with van der Waals surface area (Å²) in [5.74, 6) is 0.200. The van der Waals surface area contributed by atoms with Gasteiger partial charge in [0.05, 0.1) is 23.3 Å². The van der Waals surface area contributed by atoms with Gasteiger partial charge in [-0.25, -0.2) is 9.97 Å². The number of piperazine rings is 1. The van der Waals surface area contributed by atoms with Gasteiger partial charge in [0, 0.05) is 78.3 Å². The van der Waals surface area contributed by atoms with E-state index in [1.54, 1.807) is 18.6 Å². The molecule has 1 saturated carbocycles. The second-order valence-corrected chi connectivity index (χ2v) is 9.99. The predicted molar refractivity (Wildman–Crippen MR) is 143 cm³/mol. The Balaban J connectivity index is 1.24. The highest BCUT2D eigenvalue weighted by atomic mass is 16.2. The van der Waals surface area contributed by atoms with Crippen LogP contribution in [0, 0.1) is 5.92 Å². The van der Waals surface area contributed by atoms with Crippen LogP contribution in [0.4, 0.5) is 11.4 Å². The van der Waals surface area contributed by atoms with Crippen molar-refractivity contribution in [1.29, 1.82) is 0 Å². The number of aromatic amines is 2. The number of hydrogen-bond acceptors (Lipinski definition) is 7. The first-order valence-electron chi connectivity index (χ1n) is 12.6. The monoisotopic (exact) mass is 493 g/mol. The number of aromatic nitrogens is 6. The quantitative estimate of drug-likeness (QED) is 0.342. The summed E-state index contributed by atoms with van der Waals surface area (Å²) in [5, 5.41) is 12.6. The number of nitrogens with zero attached hydrogens (tertiary/aromatic N) is 6. The summed E-state index contributed by atoms with van der Waals surface area (Å²) >= 11 is 0. The number of pyridine rings is 3. The third-order valence-electron chi connectivity index (χ3n) is 7.32. The third kappa shape index (κ3) is 4.09. The number of carbonyl (C=O) groups excluding carboxylic acids is 1. The minimum absolute atomic E-state index is 0.0630. The summed E-state index contributed by atoms with van der Waals surface area (Å²) in [4.78, 5) is 34.0. The van der Waals surface area contributed by atoms with E-state index in [-0.39, 0.29) is 11.8 Å². The molecule has 10 heteroatoms. The zero-order valence-corrected chi connectivity index (χ0v) is 20.5. The highest BCUT2D eigenvalue weighted by Crippen LogP contribution is 2.34. The van der Waals surface area contributed by atoms with E-state index in [4.69, 9.17) is 0 Å². The first-order chi connectivity index (χ1) is 18.1. The number of amides is 1. The molecule has 0 unspecified atom stereocenters. The van der Waals surface area contributed by atoms with Gasteiger partial charge in [-0.1, -0.05) is 0 Å². The number of likely N-dealkylation sites (N-methyl/N-ethyl adjacent to an activating group) is 1. The van der Waals surface area contributed by atoms with Crippen LogP contribution >= 0.6 is 0 Å². The van der Waals surface area contributed by atoms with Crippen LogP contribution < -0.4 is 10.2 Å². The Kier molecular flexibility index (Phi) is 5.14. The summed E-state index contributed by atoms with van der Waals surface area (Å²) in [7, 11) is 2.16. The number of H-pyrrole nitrogens is 2. The van der Waals surface area contributed by atoms with Crippen molar-refractivity contribution in [3.8, 4) is 22.5 Å². The van der Waals surface area contributed by atoms with Gasteiger partial charge < -0.3 is 20.1 Å². The lowest BCUT2D eigenvalue weighted by Crippen LogP contribution is -2.44. The number of fused-ring (bicyclic) bond motifs is 2. The Morgan fingerprint density at radius 1 is 1.00 bits per heavy atom. The summed E-state index contributed by atoms with van der Waals surface area (Å²) in [6.45, 7) is 4.07. The fraction of sp³-hybridized carbons (Fsp3) is 0.296. The molecule has 0 atom stereocenters. The molecular weight excluding hydrogens is 466 g/mol. The van der Waals surface area contributed by atoms with Crippen molar-refractivity contribution in [2.45, 2.75) is 12.8 Å². The van der Waals surface area contributed by atoms with Crippen LogP contribution in [0.15, 0.2) is 49.1 Å². The minimum Gasteiger partial charge on any atom is -0.368 e.